The highest BCUT2D eigenvalue weighted by Gasteiger charge is 2.40. The summed E-state index contributed by atoms with van der Waals surface area (Å²) in [4.78, 5) is 0. The van der Waals surface area contributed by atoms with Crippen molar-refractivity contribution >= 4 is 32.2 Å². The average Bonchev–Trinajstić information content (AvgIpc) is 2.36. The summed E-state index contributed by atoms with van der Waals surface area (Å²) in [6.45, 7) is 5.33. The zero-order valence-corrected chi connectivity index (χ0v) is 13.7. The molecule has 0 heterocycles. The molecular formula is C16H19ClO2S. The van der Waals surface area contributed by atoms with Crippen molar-refractivity contribution in [3.8, 4) is 0 Å². The molecule has 108 valence electrons. The van der Waals surface area contributed by atoms with Crippen LogP contribution in [0.5, 0.6) is 0 Å². The lowest BCUT2D eigenvalue weighted by molar-refractivity contribution is 0.544. The minimum atomic E-state index is -3.27. The van der Waals surface area contributed by atoms with E-state index in [9.17, 15) is 8.42 Å². The van der Waals surface area contributed by atoms with Crippen LogP contribution in [0.2, 0.25) is 0 Å². The number of aryl methyl sites for hydroxylation is 1. The average molecular weight is 311 g/mol. The van der Waals surface area contributed by atoms with Gasteiger partial charge in [0.25, 0.3) is 0 Å². The van der Waals surface area contributed by atoms with Crippen molar-refractivity contribution in [3.05, 3.63) is 47.5 Å². The van der Waals surface area contributed by atoms with Crippen LogP contribution >= 0.6 is 11.6 Å². The second kappa shape index (κ2) is 5.05. The maximum atomic E-state index is 12.0. The Morgan fingerprint density at radius 3 is 2.30 bits per heavy atom. The number of hydrogen-bond donors (Lipinski definition) is 0. The minimum absolute atomic E-state index is 0.594. The van der Waals surface area contributed by atoms with E-state index in [2.05, 4.69) is 0 Å². The van der Waals surface area contributed by atoms with Gasteiger partial charge in [-0.1, -0.05) is 36.4 Å². The fourth-order valence-corrected chi connectivity index (χ4v) is 3.55. The fourth-order valence-electron chi connectivity index (χ4n) is 2.28. The molecule has 0 aliphatic rings. The van der Waals surface area contributed by atoms with Crippen molar-refractivity contribution in [2.24, 2.45) is 0 Å². The number of fused-ring (bicyclic) bond motifs is 1. The van der Waals surface area contributed by atoms with Crippen LogP contribution < -0.4 is 0 Å². The molecule has 2 aromatic rings. The Balaban J connectivity index is 2.73. The number of benzene rings is 2. The highest BCUT2D eigenvalue weighted by molar-refractivity contribution is 7.92. The van der Waals surface area contributed by atoms with Crippen LogP contribution in [0.1, 0.15) is 30.4 Å². The Hall–Kier alpha value is -1.06. The van der Waals surface area contributed by atoms with Gasteiger partial charge < -0.3 is 0 Å². The first-order chi connectivity index (χ1) is 9.16. The van der Waals surface area contributed by atoms with Gasteiger partial charge in [-0.2, -0.15) is 0 Å². The molecule has 20 heavy (non-hydrogen) atoms. The molecule has 0 radical (unpaired) electrons. The Bertz CT molecular complexity index is 748. The largest absolute Gasteiger partial charge is 0.229 e. The van der Waals surface area contributed by atoms with Crippen LogP contribution in [0.15, 0.2) is 36.4 Å². The zero-order valence-electron chi connectivity index (χ0n) is 12.1. The Morgan fingerprint density at radius 1 is 1.10 bits per heavy atom. The lowest BCUT2D eigenvalue weighted by atomic mass is 9.92. The molecule has 1 atom stereocenters. The van der Waals surface area contributed by atoms with E-state index in [0.29, 0.717) is 0 Å². The molecule has 0 aliphatic carbocycles. The topological polar surface area (TPSA) is 34.1 Å². The molecule has 2 aromatic carbocycles. The molecular weight excluding hydrogens is 292 g/mol. The smallest absolute Gasteiger partial charge is 0.154 e. The van der Waals surface area contributed by atoms with Gasteiger partial charge in [-0.3, -0.25) is 0 Å². The molecule has 2 rings (SSSR count). The molecule has 0 spiro atoms. The van der Waals surface area contributed by atoms with Gasteiger partial charge in [0.1, 0.15) is 0 Å². The Labute approximate surface area is 125 Å². The predicted molar refractivity (Wildman–Crippen MR) is 86.2 cm³/mol. The fraction of sp³-hybridized carbons (Fsp3) is 0.375. The Morgan fingerprint density at radius 2 is 1.70 bits per heavy atom. The number of halogens is 1. The summed E-state index contributed by atoms with van der Waals surface area (Å²) in [5.41, 5.74) is 1.92. The quantitative estimate of drug-likeness (QED) is 0.794. The summed E-state index contributed by atoms with van der Waals surface area (Å²) in [7, 11) is -3.27. The molecule has 1 unspecified atom stereocenters. The summed E-state index contributed by atoms with van der Waals surface area (Å²) < 4.78 is 23.0. The van der Waals surface area contributed by atoms with Gasteiger partial charge in [0.2, 0.25) is 0 Å². The molecule has 0 aromatic heterocycles. The lowest BCUT2D eigenvalue weighted by Crippen LogP contribution is -2.35. The van der Waals surface area contributed by atoms with Gasteiger partial charge in [-0.05, 0) is 42.7 Å². The molecule has 0 saturated heterocycles. The van der Waals surface area contributed by atoms with Gasteiger partial charge in [0, 0.05) is 6.26 Å². The van der Waals surface area contributed by atoms with Crippen molar-refractivity contribution in [2.75, 3.05) is 6.26 Å². The standard InChI is InChI=1S/C16H19ClO2S/c1-11-9-10-12-7-5-6-8-13(12)14(11)15(17)16(2,3)20(4,18)19/h5-10,15H,1-4H3. The Kier molecular flexibility index (Phi) is 3.87. The number of rotatable bonds is 3. The highest BCUT2D eigenvalue weighted by Crippen LogP contribution is 2.41. The second-order valence-corrected chi connectivity index (χ2v) is 8.79. The van der Waals surface area contributed by atoms with E-state index in [1.807, 2.05) is 43.3 Å². The molecule has 0 fully saturated rings. The number of alkyl halides is 1. The van der Waals surface area contributed by atoms with Crippen molar-refractivity contribution in [1.82, 2.24) is 0 Å². The van der Waals surface area contributed by atoms with E-state index in [0.717, 1.165) is 21.9 Å². The van der Waals surface area contributed by atoms with Gasteiger partial charge in [0.05, 0.1) is 10.1 Å². The molecule has 2 nitrogen and oxygen atoms in total. The van der Waals surface area contributed by atoms with Gasteiger partial charge in [0.15, 0.2) is 9.84 Å². The van der Waals surface area contributed by atoms with E-state index in [4.69, 9.17) is 11.6 Å². The summed E-state index contributed by atoms with van der Waals surface area (Å²) in [5.74, 6) is 0. The van der Waals surface area contributed by atoms with Gasteiger partial charge in [-0.25, -0.2) is 8.42 Å². The summed E-state index contributed by atoms with van der Waals surface area (Å²) in [6.07, 6.45) is 1.24. The van der Waals surface area contributed by atoms with Gasteiger partial charge in [-0.15, -0.1) is 11.6 Å². The third kappa shape index (κ3) is 2.45. The van der Waals surface area contributed by atoms with E-state index < -0.39 is 20.0 Å². The number of sulfone groups is 1. The van der Waals surface area contributed by atoms with Crippen LogP contribution in [-0.2, 0) is 9.84 Å². The van der Waals surface area contributed by atoms with Crippen LogP contribution in [0, 0.1) is 6.92 Å². The zero-order chi connectivity index (χ0) is 15.1. The van der Waals surface area contributed by atoms with Crippen molar-refractivity contribution in [2.45, 2.75) is 30.9 Å². The maximum absolute atomic E-state index is 12.0. The first-order valence-electron chi connectivity index (χ1n) is 6.48. The maximum Gasteiger partial charge on any atom is 0.154 e. The minimum Gasteiger partial charge on any atom is -0.229 e. The van der Waals surface area contributed by atoms with Gasteiger partial charge >= 0.3 is 0 Å². The lowest BCUT2D eigenvalue weighted by Gasteiger charge is -2.30. The van der Waals surface area contributed by atoms with E-state index in [1.165, 1.54) is 6.26 Å². The molecule has 4 heteroatoms. The summed E-state index contributed by atoms with van der Waals surface area (Å²) in [6, 6.07) is 11.9. The van der Waals surface area contributed by atoms with Crippen LogP contribution in [-0.4, -0.2) is 19.4 Å². The first kappa shape index (κ1) is 15.3. The molecule has 0 aliphatic heterocycles. The van der Waals surface area contributed by atoms with Crippen LogP contribution in [0.3, 0.4) is 0 Å². The number of hydrogen-bond acceptors (Lipinski definition) is 2. The third-order valence-corrected chi connectivity index (χ3v) is 7.05. The molecule has 0 bridgehead atoms. The first-order valence-corrected chi connectivity index (χ1v) is 8.81. The normalized spacial score (nSPS) is 14.4. The van der Waals surface area contributed by atoms with E-state index in [-0.39, 0.29) is 0 Å². The van der Waals surface area contributed by atoms with Crippen molar-refractivity contribution in [1.29, 1.82) is 0 Å². The van der Waals surface area contributed by atoms with Crippen molar-refractivity contribution < 1.29 is 8.42 Å². The van der Waals surface area contributed by atoms with E-state index in [1.54, 1.807) is 13.8 Å². The van der Waals surface area contributed by atoms with Crippen LogP contribution in [0.25, 0.3) is 10.8 Å². The summed E-state index contributed by atoms with van der Waals surface area (Å²) in [5, 5.41) is 1.50. The van der Waals surface area contributed by atoms with E-state index >= 15 is 0 Å². The highest BCUT2D eigenvalue weighted by atomic mass is 35.5. The summed E-state index contributed by atoms with van der Waals surface area (Å²) >= 11 is 6.59. The predicted octanol–water partition coefficient (Wildman–Crippen LogP) is 4.25. The van der Waals surface area contributed by atoms with Crippen LogP contribution in [0.4, 0.5) is 0 Å². The second-order valence-electron chi connectivity index (χ2n) is 5.76. The monoisotopic (exact) mass is 310 g/mol. The SMILES string of the molecule is Cc1ccc2ccccc2c1C(Cl)C(C)(C)S(C)(=O)=O. The molecule has 0 saturated carbocycles. The molecule has 0 amide bonds. The molecule has 0 N–H and O–H groups in total. The third-order valence-electron chi connectivity index (χ3n) is 4.01. The van der Waals surface area contributed by atoms with Crippen molar-refractivity contribution in [3.63, 3.8) is 0 Å².